The Kier molecular flexibility index (Phi) is 7.88. The van der Waals surface area contributed by atoms with Crippen molar-refractivity contribution in [2.24, 2.45) is 7.05 Å². The van der Waals surface area contributed by atoms with Gasteiger partial charge < -0.3 is 23.5 Å². The average molecular weight is 557 g/mol. The van der Waals surface area contributed by atoms with Gasteiger partial charge >= 0.3 is 6.09 Å². The van der Waals surface area contributed by atoms with Crippen molar-refractivity contribution in [3.63, 3.8) is 0 Å². The second-order valence-electron chi connectivity index (χ2n) is 11.0. The molecule has 0 fully saturated rings. The molecule has 3 aromatic heterocycles. The van der Waals surface area contributed by atoms with Gasteiger partial charge in [0.1, 0.15) is 23.6 Å². The zero-order chi connectivity index (χ0) is 29.1. The molecule has 0 saturated heterocycles. The van der Waals surface area contributed by atoms with E-state index in [1.54, 1.807) is 37.7 Å². The van der Waals surface area contributed by atoms with E-state index in [4.69, 9.17) is 18.9 Å². The maximum absolute atomic E-state index is 13.4. The normalized spacial score (nSPS) is 15.2. The van der Waals surface area contributed by atoms with Crippen molar-refractivity contribution < 1.29 is 23.7 Å². The summed E-state index contributed by atoms with van der Waals surface area (Å²) >= 11 is 0. The van der Waals surface area contributed by atoms with Gasteiger partial charge in [-0.05, 0) is 62.6 Å². The van der Waals surface area contributed by atoms with Crippen LogP contribution < -0.4 is 14.2 Å². The van der Waals surface area contributed by atoms with Crippen LogP contribution in [-0.4, -0.2) is 51.9 Å². The molecule has 214 valence electrons. The van der Waals surface area contributed by atoms with Crippen LogP contribution in [0.1, 0.15) is 49.1 Å². The van der Waals surface area contributed by atoms with Crippen molar-refractivity contribution in [2.75, 3.05) is 20.8 Å². The predicted octanol–water partition coefficient (Wildman–Crippen LogP) is 6.11. The molecule has 1 amide bonds. The number of carbonyl (C=O) groups excluding carboxylic acids is 1. The lowest BCUT2D eigenvalue weighted by Gasteiger charge is -2.37. The minimum absolute atomic E-state index is 0.366. The van der Waals surface area contributed by atoms with E-state index in [1.807, 2.05) is 81.1 Å². The van der Waals surface area contributed by atoms with Crippen molar-refractivity contribution in [2.45, 2.75) is 45.4 Å². The topological polar surface area (TPSA) is 87.9 Å². The summed E-state index contributed by atoms with van der Waals surface area (Å²) in [5.74, 6) is 1.92. The first kappa shape index (κ1) is 28.0. The van der Waals surface area contributed by atoms with Gasteiger partial charge in [-0.1, -0.05) is 18.2 Å². The number of nitrogens with zero attached hydrogens (tertiary/aromatic N) is 4. The molecule has 4 aromatic rings. The van der Waals surface area contributed by atoms with E-state index in [0.717, 1.165) is 33.3 Å². The summed E-state index contributed by atoms with van der Waals surface area (Å²) in [7, 11) is 5.20. The quantitative estimate of drug-likeness (QED) is 0.271. The molecule has 0 bridgehead atoms. The lowest BCUT2D eigenvalue weighted by molar-refractivity contribution is 0.0185. The minimum atomic E-state index is -0.620. The van der Waals surface area contributed by atoms with Gasteiger partial charge in [-0.3, -0.25) is 9.88 Å². The summed E-state index contributed by atoms with van der Waals surface area (Å²) in [6, 6.07) is 9.42. The highest BCUT2D eigenvalue weighted by atomic mass is 16.6. The molecule has 0 saturated carbocycles. The van der Waals surface area contributed by atoms with E-state index in [0.29, 0.717) is 36.8 Å². The van der Waals surface area contributed by atoms with Crippen LogP contribution in [0.15, 0.2) is 61.2 Å². The van der Waals surface area contributed by atoms with E-state index >= 15 is 0 Å². The molecule has 9 heteroatoms. The fourth-order valence-electron chi connectivity index (χ4n) is 5.02. The van der Waals surface area contributed by atoms with E-state index in [1.165, 1.54) is 0 Å². The second kappa shape index (κ2) is 11.5. The summed E-state index contributed by atoms with van der Waals surface area (Å²) in [4.78, 5) is 23.9. The summed E-state index contributed by atoms with van der Waals surface area (Å²) < 4.78 is 25.1. The van der Waals surface area contributed by atoms with Crippen LogP contribution in [0.2, 0.25) is 0 Å². The van der Waals surface area contributed by atoms with Crippen molar-refractivity contribution in [3.05, 3.63) is 83.4 Å². The lowest BCUT2D eigenvalue weighted by Crippen LogP contribution is -2.42. The van der Waals surface area contributed by atoms with Gasteiger partial charge in [0.2, 0.25) is 0 Å². The Labute approximate surface area is 240 Å². The number of ether oxygens (including phenoxy) is 4. The Balaban J connectivity index is 1.53. The molecule has 1 aliphatic heterocycles. The largest absolute Gasteiger partial charge is 0.495 e. The molecule has 0 aliphatic carbocycles. The van der Waals surface area contributed by atoms with Crippen molar-refractivity contribution in [1.82, 2.24) is 19.4 Å². The van der Waals surface area contributed by atoms with Gasteiger partial charge in [0.25, 0.3) is 0 Å². The Hall–Kier alpha value is -4.53. The summed E-state index contributed by atoms with van der Waals surface area (Å²) in [6.45, 7) is 6.49. The number of hydrogen-bond donors (Lipinski definition) is 0. The summed E-state index contributed by atoms with van der Waals surface area (Å²) in [6.07, 6.45) is 11.6. The van der Waals surface area contributed by atoms with Crippen LogP contribution >= 0.6 is 0 Å². The fourth-order valence-corrected chi connectivity index (χ4v) is 5.02. The third kappa shape index (κ3) is 6.14. The molecule has 4 heterocycles. The number of rotatable bonds is 7. The number of carbonyl (C=O) groups is 1. The zero-order valence-electron chi connectivity index (χ0n) is 24.4. The van der Waals surface area contributed by atoms with Crippen molar-refractivity contribution in [3.8, 4) is 17.2 Å². The minimum Gasteiger partial charge on any atom is -0.495 e. The number of hydrogen-bond acceptors (Lipinski definition) is 7. The maximum Gasteiger partial charge on any atom is 0.411 e. The van der Waals surface area contributed by atoms with Crippen LogP contribution in [0.5, 0.6) is 17.2 Å². The number of fused-ring (bicyclic) bond motifs is 2. The molecule has 1 aliphatic rings. The molecule has 9 nitrogen and oxygen atoms in total. The van der Waals surface area contributed by atoms with Gasteiger partial charge in [-0.15, -0.1) is 0 Å². The van der Waals surface area contributed by atoms with Crippen molar-refractivity contribution in [1.29, 1.82) is 0 Å². The molecule has 0 spiro atoms. The van der Waals surface area contributed by atoms with Gasteiger partial charge in [-0.2, -0.15) is 0 Å². The molecule has 5 rings (SSSR count). The Bertz CT molecular complexity index is 1570. The average Bonchev–Trinajstić information content (AvgIpc) is 3.27. The molecule has 1 unspecified atom stereocenters. The Morgan fingerprint density at radius 1 is 1.12 bits per heavy atom. The van der Waals surface area contributed by atoms with Gasteiger partial charge in [0, 0.05) is 48.7 Å². The standard InChI is InChI=1S/C32H36N4O5/c1-32(2,3)41-31(37)36-13-11-22-14-29(40-20-21-8-7-12-33-17-21)28(39-6)16-25(22)27(36)10-9-23-19-35(4)30-26(23)15-24(38-5)18-34-30/h7-10,12,14-19,27H,11,13,20H2,1-6H3/b10-9+. The van der Waals surface area contributed by atoms with Gasteiger partial charge in [-0.25, -0.2) is 9.78 Å². The van der Waals surface area contributed by atoms with Crippen LogP contribution in [-0.2, 0) is 24.8 Å². The third-order valence-corrected chi connectivity index (χ3v) is 6.96. The molecule has 1 atom stereocenters. The first-order valence-corrected chi connectivity index (χ1v) is 13.6. The third-order valence-electron chi connectivity index (χ3n) is 6.96. The van der Waals surface area contributed by atoms with E-state index < -0.39 is 5.60 Å². The van der Waals surface area contributed by atoms with Crippen LogP contribution in [0.3, 0.4) is 0 Å². The zero-order valence-corrected chi connectivity index (χ0v) is 24.4. The van der Waals surface area contributed by atoms with Gasteiger partial charge in [0.05, 0.1) is 26.5 Å². The monoisotopic (exact) mass is 556 g/mol. The van der Waals surface area contributed by atoms with Crippen LogP contribution in [0.4, 0.5) is 4.79 Å². The van der Waals surface area contributed by atoms with E-state index in [-0.39, 0.29) is 12.1 Å². The number of pyridine rings is 2. The Morgan fingerprint density at radius 2 is 1.95 bits per heavy atom. The smallest absolute Gasteiger partial charge is 0.411 e. The number of methoxy groups -OCH3 is 2. The molecule has 1 aromatic carbocycles. The van der Waals surface area contributed by atoms with Crippen LogP contribution in [0, 0.1) is 0 Å². The number of aryl methyl sites for hydroxylation is 1. The SMILES string of the molecule is COc1cnc2c(c1)c(/C=C/C1c3cc(OC)c(OCc4cccnc4)cc3CCN1C(=O)OC(C)(C)C)cn2C. The lowest BCUT2D eigenvalue weighted by atomic mass is 9.91. The highest BCUT2D eigenvalue weighted by Gasteiger charge is 2.33. The molecule has 0 radical (unpaired) electrons. The summed E-state index contributed by atoms with van der Waals surface area (Å²) in [5.41, 5.74) is 4.20. The fraction of sp³-hybridized carbons (Fsp3) is 0.344. The first-order valence-electron chi connectivity index (χ1n) is 13.6. The maximum atomic E-state index is 13.4. The molecule has 41 heavy (non-hydrogen) atoms. The highest BCUT2D eigenvalue weighted by Crippen LogP contribution is 2.40. The predicted molar refractivity (Wildman–Crippen MR) is 157 cm³/mol. The second-order valence-corrected chi connectivity index (χ2v) is 11.0. The summed E-state index contributed by atoms with van der Waals surface area (Å²) in [5, 5.41) is 0.958. The molecular formula is C32H36N4O5. The van der Waals surface area contributed by atoms with Crippen molar-refractivity contribution >= 4 is 23.2 Å². The van der Waals surface area contributed by atoms with Gasteiger partial charge in [0.15, 0.2) is 11.5 Å². The van der Waals surface area contributed by atoms with Crippen LogP contribution in [0.25, 0.3) is 17.1 Å². The molecular weight excluding hydrogens is 520 g/mol. The molecule has 0 N–H and O–H groups in total. The van der Waals surface area contributed by atoms with E-state index in [9.17, 15) is 4.79 Å². The highest BCUT2D eigenvalue weighted by molar-refractivity contribution is 5.88. The number of benzene rings is 1. The number of amides is 1. The Morgan fingerprint density at radius 3 is 2.66 bits per heavy atom. The number of aromatic nitrogens is 3. The first-order chi connectivity index (χ1) is 19.7. The van der Waals surface area contributed by atoms with E-state index in [2.05, 4.69) is 9.97 Å².